The normalized spacial score (nSPS) is 12.0. The monoisotopic (exact) mass is 299 g/mol. The lowest BCUT2D eigenvalue weighted by Gasteiger charge is -2.00. The number of carbonyl (C=O) groups excluding carboxylic acids is 1. The molecule has 108 valence electrons. The van der Waals surface area contributed by atoms with E-state index in [0.29, 0.717) is 0 Å². The van der Waals surface area contributed by atoms with Crippen LogP contribution in [0.3, 0.4) is 0 Å². The number of rotatable bonds is 7. The summed E-state index contributed by atoms with van der Waals surface area (Å²) in [6, 6.07) is 0. The van der Waals surface area contributed by atoms with Crippen molar-refractivity contribution < 1.29 is 4.79 Å². The molecule has 0 aliphatic carbocycles. The minimum atomic E-state index is -0.0632. The molecule has 0 saturated heterocycles. The largest absolute Gasteiger partial charge is 0.332 e. The van der Waals surface area contributed by atoms with Gasteiger partial charge in [0, 0.05) is 30.5 Å². The number of hydrogen-bond donors (Lipinski definition) is 0. The predicted octanol–water partition coefficient (Wildman–Crippen LogP) is 3.60. The molecular formula is C16H17N3OS. The molecule has 2 heterocycles. The fourth-order valence-electron chi connectivity index (χ4n) is 1.73. The van der Waals surface area contributed by atoms with E-state index < -0.39 is 0 Å². The molecule has 0 radical (unpaired) electrons. The third-order valence-electron chi connectivity index (χ3n) is 2.67. The third-order valence-corrected chi connectivity index (χ3v) is 3.41. The maximum absolute atomic E-state index is 11.6. The highest BCUT2D eigenvalue weighted by atomic mass is 32.1. The molecule has 0 N–H and O–H groups in total. The highest BCUT2D eigenvalue weighted by molar-refractivity contribution is 7.10. The van der Waals surface area contributed by atoms with Crippen LogP contribution in [-0.2, 0) is 11.3 Å². The maximum Gasteiger partial charge on any atom is 0.178 e. The van der Waals surface area contributed by atoms with Crippen LogP contribution in [0.15, 0.2) is 48.3 Å². The summed E-state index contributed by atoms with van der Waals surface area (Å²) in [5.74, 6) is 0.832. The molecule has 2 rings (SSSR count). The number of allylic oxidation sites excluding steroid dienone is 4. The minimum absolute atomic E-state index is 0.0632. The highest BCUT2D eigenvalue weighted by Gasteiger charge is 1.95. The van der Waals surface area contributed by atoms with Crippen molar-refractivity contribution in [2.75, 3.05) is 0 Å². The number of thiazole rings is 1. The molecule has 0 unspecified atom stereocenters. The lowest BCUT2D eigenvalue weighted by molar-refractivity contribution is -0.110. The van der Waals surface area contributed by atoms with Gasteiger partial charge in [-0.2, -0.15) is 0 Å². The average molecular weight is 299 g/mol. The summed E-state index contributed by atoms with van der Waals surface area (Å²) in [6.07, 6.45) is 16.7. The fraction of sp³-hybridized carbons (Fsp3) is 0.188. The first-order valence-corrected chi connectivity index (χ1v) is 7.65. The zero-order chi connectivity index (χ0) is 14.9. The zero-order valence-corrected chi connectivity index (χ0v) is 12.7. The van der Waals surface area contributed by atoms with Crippen molar-refractivity contribution in [1.82, 2.24) is 14.5 Å². The number of aromatic nitrogens is 3. The van der Waals surface area contributed by atoms with E-state index in [1.807, 2.05) is 23.7 Å². The van der Waals surface area contributed by atoms with Gasteiger partial charge in [0.25, 0.3) is 0 Å². The Bertz CT molecular complexity index is 651. The van der Waals surface area contributed by atoms with E-state index in [-0.39, 0.29) is 5.78 Å². The quantitative estimate of drug-likeness (QED) is 0.579. The van der Waals surface area contributed by atoms with E-state index in [0.717, 1.165) is 23.8 Å². The van der Waals surface area contributed by atoms with Crippen LogP contribution in [0, 0.1) is 0 Å². The molecule has 2 aromatic rings. The van der Waals surface area contributed by atoms with E-state index in [1.165, 1.54) is 23.5 Å². The Hall–Kier alpha value is -2.27. The summed E-state index contributed by atoms with van der Waals surface area (Å²) in [6.45, 7) is 3.07. The van der Waals surface area contributed by atoms with Gasteiger partial charge in [-0.25, -0.2) is 9.97 Å². The lowest BCUT2D eigenvalue weighted by Crippen LogP contribution is -1.97. The predicted molar refractivity (Wildman–Crippen MR) is 86.8 cm³/mol. The van der Waals surface area contributed by atoms with Crippen molar-refractivity contribution in [3.05, 3.63) is 59.1 Å². The molecule has 2 aromatic heterocycles. The molecule has 0 spiro atoms. The van der Waals surface area contributed by atoms with Crippen LogP contribution in [0.5, 0.6) is 0 Å². The van der Waals surface area contributed by atoms with Crippen molar-refractivity contribution >= 4 is 29.3 Å². The number of carbonyl (C=O) groups is 1. The van der Waals surface area contributed by atoms with Gasteiger partial charge in [-0.1, -0.05) is 19.1 Å². The van der Waals surface area contributed by atoms with E-state index in [2.05, 4.69) is 21.5 Å². The van der Waals surface area contributed by atoms with Gasteiger partial charge in [-0.05, 0) is 30.7 Å². The van der Waals surface area contributed by atoms with E-state index >= 15 is 0 Å². The van der Waals surface area contributed by atoms with Gasteiger partial charge < -0.3 is 4.57 Å². The van der Waals surface area contributed by atoms with Gasteiger partial charge in [0.15, 0.2) is 5.78 Å². The fourth-order valence-corrected chi connectivity index (χ4v) is 2.26. The first kappa shape index (κ1) is 15.1. The molecule has 0 fully saturated rings. The summed E-state index contributed by atoms with van der Waals surface area (Å²) >= 11 is 1.50. The number of imidazole rings is 1. The van der Waals surface area contributed by atoms with E-state index in [1.54, 1.807) is 24.5 Å². The molecule has 0 aromatic carbocycles. The van der Waals surface area contributed by atoms with Crippen molar-refractivity contribution in [3.63, 3.8) is 0 Å². The second kappa shape index (κ2) is 8.11. The van der Waals surface area contributed by atoms with Crippen molar-refractivity contribution in [2.24, 2.45) is 0 Å². The highest BCUT2D eigenvalue weighted by Crippen LogP contribution is 2.06. The summed E-state index contributed by atoms with van der Waals surface area (Å²) in [7, 11) is 0. The first-order chi connectivity index (χ1) is 10.3. The molecule has 0 bridgehead atoms. The third kappa shape index (κ3) is 4.96. The van der Waals surface area contributed by atoms with Crippen LogP contribution in [0.1, 0.15) is 24.2 Å². The zero-order valence-electron chi connectivity index (χ0n) is 11.8. The van der Waals surface area contributed by atoms with Gasteiger partial charge in [0.05, 0.1) is 0 Å². The number of aryl methyl sites for hydroxylation is 1. The van der Waals surface area contributed by atoms with Crippen LogP contribution >= 0.6 is 11.3 Å². The Labute approximate surface area is 128 Å². The molecule has 0 amide bonds. The Balaban J connectivity index is 1.88. The SMILES string of the molecule is CCCn1ccnc1/C=C/C=C/C(=O)/C=C/c1nccs1. The molecule has 21 heavy (non-hydrogen) atoms. The number of nitrogens with zero attached hydrogens (tertiary/aromatic N) is 3. The molecule has 0 saturated carbocycles. The summed E-state index contributed by atoms with van der Waals surface area (Å²) in [5.41, 5.74) is 0. The van der Waals surface area contributed by atoms with Crippen LogP contribution < -0.4 is 0 Å². The molecule has 0 aliphatic rings. The number of hydrogen-bond acceptors (Lipinski definition) is 4. The molecule has 4 nitrogen and oxygen atoms in total. The van der Waals surface area contributed by atoms with Gasteiger partial charge in [-0.3, -0.25) is 4.79 Å². The molecule has 0 aliphatic heterocycles. The Morgan fingerprint density at radius 3 is 2.90 bits per heavy atom. The molecular weight excluding hydrogens is 282 g/mol. The van der Waals surface area contributed by atoms with Crippen molar-refractivity contribution in [2.45, 2.75) is 19.9 Å². The smallest absolute Gasteiger partial charge is 0.178 e. The van der Waals surface area contributed by atoms with Gasteiger partial charge in [0.1, 0.15) is 10.8 Å². The second-order valence-corrected chi connectivity index (χ2v) is 5.23. The van der Waals surface area contributed by atoms with Crippen LogP contribution in [-0.4, -0.2) is 20.3 Å². The Kier molecular flexibility index (Phi) is 5.84. The van der Waals surface area contributed by atoms with Crippen LogP contribution in [0.25, 0.3) is 12.2 Å². The van der Waals surface area contributed by atoms with Crippen LogP contribution in [0.4, 0.5) is 0 Å². The first-order valence-electron chi connectivity index (χ1n) is 6.77. The van der Waals surface area contributed by atoms with E-state index in [9.17, 15) is 4.79 Å². The Morgan fingerprint density at radius 1 is 1.24 bits per heavy atom. The summed E-state index contributed by atoms with van der Waals surface area (Å²) in [5, 5.41) is 2.70. The van der Waals surface area contributed by atoms with E-state index in [4.69, 9.17) is 0 Å². The maximum atomic E-state index is 11.6. The van der Waals surface area contributed by atoms with Crippen LogP contribution in [0.2, 0.25) is 0 Å². The van der Waals surface area contributed by atoms with Gasteiger partial charge >= 0.3 is 0 Å². The second-order valence-electron chi connectivity index (χ2n) is 4.30. The molecule has 0 atom stereocenters. The minimum Gasteiger partial charge on any atom is -0.332 e. The standard InChI is InChI=1S/C16H17N3OS/c1-2-11-19-12-9-17-15(19)6-4-3-5-14(20)7-8-16-18-10-13-21-16/h3-10,12-13H,2,11H2,1H3/b5-3+,6-4+,8-7+. The van der Waals surface area contributed by atoms with Gasteiger partial charge in [-0.15, -0.1) is 11.3 Å². The topological polar surface area (TPSA) is 47.8 Å². The average Bonchev–Trinajstić information content (AvgIpc) is 3.14. The lowest BCUT2D eigenvalue weighted by atomic mass is 10.3. The van der Waals surface area contributed by atoms with Gasteiger partial charge in [0.2, 0.25) is 0 Å². The van der Waals surface area contributed by atoms with Crippen molar-refractivity contribution in [1.29, 1.82) is 0 Å². The van der Waals surface area contributed by atoms with Crippen molar-refractivity contribution in [3.8, 4) is 0 Å². The summed E-state index contributed by atoms with van der Waals surface area (Å²) in [4.78, 5) is 20.0. The molecule has 5 heteroatoms. The Morgan fingerprint density at radius 2 is 2.14 bits per heavy atom. The number of ketones is 1. The summed E-state index contributed by atoms with van der Waals surface area (Å²) < 4.78 is 2.08.